The molecule has 0 spiro atoms. The van der Waals surface area contributed by atoms with Gasteiger partial charge in [0.15, 0.2) is 0 Å². The molecule has 194 valence electrons. The number of hydrogen-bond donors (Lipinski definition) is 2. The Labute approximate surface area is 208 Å². The molecule has 0 aliphatic carbocycles. The normalized spacial score (nSPS) is 15.6. The van der Waals surface area contributed by atoms with Gasteiger partial charge in [-0.3, -0.25) is 0 Å². The van der Waals surface area contributed by atoms with E-state index in [1.807, 2.05) is 0 Å². The minimum atomic E-state index is -0.372. The molecule has 2 nitrogen and oxygen atoms in total. The molecule has 2 N–H and O–H groups in total. The Morgan fingerprint density at radius 2 is 0.875 bits per heavy atom. The van der Waals surface area contributed by atoms with Crippen molar-refractivity contribution < 1.29 is 10.0 Å². The van der Waals surface area contributed by atoms with E-state index in [0.29, 0.717) is 18.0 Å². The predicted molar refractivity (Wildman–Crippen MR) is 145 cm³/mol. The van der Waals surface area contributed by atoms with Gasteiger partial charge >= 0.3 is 0 Å². The Kier molecular flexibility index (Phi) is 24.5. The molecule has 0 aromatic heterocycles. The van der Waals surface area contributed by atoms with Crippen molar-refractivity contribution in [1.29, 1.82) is 0 Å². The van der Waals surface area contributed by atoms with Crippen molar-refractivity contribution in [3.8, 4) is 0 Å². The number of aliphatic hydroxyl groups is 1. The number of aliphatic hydroxyl groups excluding tert-OH is 1. The largest absolute Gasteiger partial charge is 0.386 e. The Morgan fingerprint density at radius 1 is 0.562 bits per heavy atom. The average molecular weight is 475 g/mol. The highest BCUT2D eigenvalue weighted by atomic mass is 35.5. The van der Waals surface area contributed by atoms with E-state index in [1.165, 1.54) is 128 Å². The Morgan fingerprint density at radius 3 is 1.19 bits per heavy atom. The second-order valence-electron chi connectivity index (χ2n) is 10.6. The minimum Gasteiger partial charge on any atom is -0.386 e. The van der Waals surface area contributed by atoms with Crippen LogP contribution < -0.4 is 4.90 Å². The molecule has 3 unspecified atom stereocenters. The van der Waals surface area contributed by atoms with Gasteiger partial charge in [0.25, 0.3) is 0 Å². The molecule has 0 fully saturated rings. The number of alkyl halides is 1. The van der Waals surface area contributed by atoms with Crippen LogP contribution >= 0.6 is 11.6 Å². The molecular weight excluding hydrogens is 414 g/mol. The zero-order valence-corrected chi connectivity index (χ0v) is 23.4. The van der Waals surface area contributed by atoms with Gasteiger partial charge < -0.3 is 10.0 Å². The van der Waals surface area contributed by atoms with E-state index >= 15 is 0 Å². The molecule has 0 saturated heterocycles. The zero-order chi connectivity index (χ0) is 23.9. The second-order valence-corrected chi connectivity index (χ2v) is 10.9. The first-order chi connectivity index (χ1) is 15.6. The molecule has 3 atom stereocenters. The summed E-state index contributed by atoms with van der Waals surface area (Å²) >= 11 is 5.96. The van der Waals surface area contributed by atoms with E-state index in [2.05, 4.69) is 27.7 Å². The molecule has 32 heavy (non-hydrogen) atoms. The molecule has 0 aromatic carbocycles. The first-order valence-electron chi connectivity index (χ1n) is 14.7. The van der Waals surface area contributed by atoms with Crippen molar-refractivity contribution in [1.82, 2.24) is 0 Å². The Bertz CT molecular complexity index is 337. The lowest BCUT2D eigenvalue weighted by molar-refractivity contribution is -0.949. The number of nitrogens with one attached hydrogen (secondary N) is 1. The monoisotopic (exact) mass is 474 g/mol. The van der Waals surface area contributed by atoms with Gasteiger partial charge in [-0.1, -0.05) is 117 Å². The van der Waals surface area contributed by atoms with Crippen LogP contribution in [0.4, 0.5) is 0 Å². The number of hydrogen-bond acceptors (Lipinski definition) is 1. The van der Waals surface area contributed by atoms with E-state index in [1.54, 1.807) is 4.90 Å². The van der Waals surface area contributed by atoms with Crippen molar-refractivity contribution >= 4 is 11.6 Å². The third kappa shape index (κ3) is 19.7. The fraction of sp³-hybridized carbons (Fsp3) is 1.00. The maximum Gasteiger partial charge on any atom is 0.116 e. The van der Waals surface area contributed by atoms with Crippen LogP contribution in [0.5, 0.6) is 0 Å². The molecule has 0 amide bonds. The summed E-state index contributed by atoms with van der Waals surface area (Å²) in [5.41, 5.74) is 0. The summed E-state index contributed by atoms with van der Waals surface area (Å²) in [4.78, 5) is 1.58. The zero-order valence-electron chi connectivity index (χ0n) is 22.6. The second kappa shape index (κ2) is 24.3. The minimum absolute atomic E-state index is 0.360. The van der Waals surface area contributed by atoms with Crippen LogP contribution in [-0.4, -0.2) is 35.7 Å². The number of rotatable bonds is 25. The maximum atomic E-state index is 10.2. The summed E-state index contributed by atoms with van der Waals surface area (Å²) in [6.07, 6.45) is 27.2. The molecule has 0 bridgehead atoms. The molecule has 0 aliphatic rings. The SMILES string of the molecule is CCCCCCCCCCCC(C)[NH+](CC(O)CCl)C(C)CCCCCCCCCCC. The summed E-state index contributed by atoms with van der Waals surface area (Å²) in [6.45, 7) is 10.2. The molecular formula is C29H61ClNO+. The third-order valence-electron chi connectivity index (χ3n) is 7.40. The van der Waals surface area contributed by atoms with Crippen LogP contribution in [0.3, 0.4) is 0 Å². The Balaban J connectivity index is 4.06. The van der Waals surface area contributed by atoms with Crippen molar-refractivity contribution in [2.75, 3.05) is 12.4 Å². The van der Waals surface area contributed by atoms with Crippen LogP contribution in [0.15, 0.2) is 0 Å². The predicted octanol–water partition coefficient (Wildman–Crippen LogP) is 8.09. The van der Waals surface area contributed by atoms with Gasteiger partial charge in [-0.05, 0) is 39.5 Å². The first-order valence-corrected chi connectivity index (χ1v) is 15.2. The van der Waals surface area contributed by atoms with Gasteiger partial charge in [-0.25, -0.2) is 0 Å². The van der Waals surface area contributed by atoms with Crippen molar-refractivity contribution in [3.05, 3.63) is 0 Å². The number of halogens is 1. The van der Waals surface area contributed by atoms with Gasteiger partial charge in [0, 0.05) is 0 Å². The van der Waals surface area contributed by atoms with Crippen LogP contribution in [0.1, 0.15) is 156 Å². The number of quaternary nitrogens is 1. The van der Waals surface area contributed by atoms with Gasteiger partial charge in [0.1, 0.15) is 12.6 Å². The van der Waals surface area contributed by atoms with E-state index in [-0.39, 0.29) is 6.10 Å². The van der Waals surface area contributed by atoms with Crippen LogP contribution in [-0.2, 0) is 0 Å². The number of unbranched alkanes of at least 4 members (excludes halogenated alkanes) is 16. The highest BCUT2D eigenvalue weighted by Crippen LogP contribution is 2.13. The summed E-state index contributed by atoms with van der Waals surface area (Å²) in [7, 11) is 0. The molecule has 0 rings (SSSR count). The fourth-order valence-corrected chi connectivity index (χ4v) is 5.22. The van der Waals surface area contributed by atoms with E-state index < -0.39 is 0 Å². The molecule has 0 aliphatic heterocycles. The van der Waals surface area contributed by atoms with Crippen LogP contribution in [0, 0.1) is 0 Å². The topological polar surface area (TPSA) is 24.7 Å². The summed E-state index contributed by atoms with van der Waals surface area (Å²) in [5.74, 6) is 0.360. The lowest BCUT2D eigenvalue weighted by Gasteiger charge is -2.33. The third-order valence-corrected chi connectivity index (χ3v) is 7.75. The lowest BCUT2D eigenvalue weighted by atomic mass is 10.0. The highest BCUT2D eigenvalue weighted by Gasteiger charge is 2.25. The van der Waals surface area contributed by atoms with Crippen molar-refractivity contribution in [3.63, 3.8) is 0 Å². The standard InChI is InChI=1S/C29H60ClNO/c1-5-7-9-11-13-15-17-19-21-23-27(3)31(26-29(32)25-30)28(4)24-22-20-18-16-14-12-10-8-6-2/h27-29,32H,5-26H2,1-4H3/p+1. The lowest BCUT2D eigenvalue weighted by Crippen LogP contribution is -3.19. The smallest absolute Gasteiger partial charge is 0.116 e. The van der Waals surface area contributed by atoms with Crippen LogP contribution in [0.2, 0.25) is 0 Å². The molecule has 0 radical (unpaired) electrons. The van der Waals surface area contributed by atoms with Crippen molar-refractivity contribution in [2.45, 2.75) is 174 Å². The van der Waals surface area contributed by atoms with Gasteiger partial charge in [0.05, 0.1) is 18.0 Å². The van der Waals surface area contributed by atoms with Gasteiger partial charge in [0.2, 0.25) is 0 Å². The average Bonchev–Trinajstić information content (AvgIpc) is 2.79. The van der Waals surface area contributed by atoms with E-state index in [0.717, 1.165) is 6.54 Å². The fourth-order valence-electron chi connectivity index (χ4n) is 5.11. The van der Waals surface area contributed by atoms with Gasteiger partial charge in [-0.2, -0.15) is 0 Å². The molecule has 0 heterocycles. The molecule has 0 aromatic rings. The quantitative estimate of drug-likeness (QED) is 0.101. The highest BCUT2D eigenvalue weighted by molar-refractivity contribution is 6.18. The summed E-state index contributed by atoms with van der Waals surface area (Å²) in [6, 6.07) is 1.23. The molecule has 3 heteroatoms. The summed E-state index contributed by atoms with van der Waals surface area (Å²) in [5, 5.41) is 10.2. The maximum absolute atomic E-state index is 10.2. The van der Waals surface area contributed by atoms with Gasteiger partial charge in [-0.15, -0.1) is 11.6 Å². The Hall–Kier alpha value is 0.210. The molecule has 0 saturated carbocycles. The van der Waals surface area contributed by atoms with E-state index in [4.69, 9.17) is 11.6 Å². The van der Waals surface area contributed by atoms with E-state index in [9.17, 15) is 5.11 Å². The summed E-state index contributed by atoms with van der Waals surface area (Å²) < 4.78 is 0. The van der Waals surface area contributed by atoms with Crippen LogP contribution in [0.25, 0.3) is 0 Å². The van der Waals surface area contributed by atoms with Crippen molar-refractivity contribution in [2.24, 2.45) is 0 Å². The first kappa shape index (κ1) is 32.2.